The maximum absolute atomic E-state index is 12.1. The predicted molar refractivity (Wildman–Crippen MR) is 61.7 cm³/mol. The van der Waals surface area contributed by atoms with Crippen molar-refractivity contribution in [1.29, 1.82) is 0 Å². The summed E-state index contributed by atoms with van der Waals surface area (Å²) < 4.78 is 36.2. The highest BCUT2D eigenvalue weighted by molar-refractivity contribution is 8.00. The highest BCUT2D eigenvalue weighted by Gasteiger charge is 2.40. The molecule has 0 aromatic carbocycles. The van der Waals surface area contributed by atoms with Gasteiger partial charge in [0.05, 0.1) is 13.2 Å². The standard InChI is InChI=1S/C11H19F3O2S/c12-11(13,14)17-6-5-10(7-15,8-16)9-3-1-2-4-9/h9,15-16H,1-8H2. The molecule has 1 rings (SSSR count). The minimum absolute atomic E-state index is 0.0723. The monoisotopic (exact) mass is 272 g/mol. The Bertz CT molecular complexity index is 223. The van der Waals surface area contributed by atoms with Gasteiger partial charge in [-0.15, -0.1) is 0 Å². The number of hydrogen-bond donors (Lipinski definition) is 2. The number of hydrogen-bond acceptors (Lipinski definition) is 3. The topological polar surface area (TPSA) is 40.5 Å². The van der Waals surface area contributed by atoms with E-state index in [-0.39, 0.29) is 43.1 Å². The van der Waals surface area contributed by atoms with E-state index in [1.165, 1.54) is 0 Å². The number of aliphatic hydroxyl groups is 2. The van der Waals surface area contributed by atoms with E-state index in [1.807, 2.05) is 0 Å². The second-order valence-electron chi connectivity index (χ2n) is 4.70. The summed E-state index contributed by atoms with van der Waals surface area (Å²) in [6.07, 6.45) is 4.10. The van der Waals surface area contributed by atoms with Gasteiger partial charge in [0.2, 0.25) is 0 Å². The maximum Gasteiger partial charge on any atom is 0.441 e. The van der Waals surface area contributed by atoms with Crippen LogP contribution in [0.2, 0.25) is 0 Å². The van der Waals surface area contributed by atoms with Crippen molar-refractivity contribution >= 4 is 11.8 Å². The van der Waals surface area contributed by atoms with E-state index in [2.05, 4.69) is 0 Å². The van der Waals surface area contributed by atoms with Crippen molar-refractivity contribution < 1.29 is 23.4 Å². The lowest BCUT2D eigenvalue weighted by atomic mass is 9.73. The van der Waals surface area contributed by atoms with Crippen LogP contribution < -0.4 is 0 Å². The molecule has 6 heteroatoms. The van der Waals surface area contributed by atoms with Gasteiger partial charge < -0.3 is 10.2 Å². The van der Waals surface area contributed by atoms with Gasteiger partial charge >= 0.3 is 5.51 Å². The third-order valence-electron chi connectivity index (χ3n) is 3.72. The molecular weight excluding hydrogens is 253 g/mol. The van der Waals surface area contributed by atoms with Crippen LogP contribution in [0.5, 0.6) is 0 Å². The van der Waals surface area contributed by atoms with E-state index < -0.39 is 10.9 Å². The number of thioether (sulfide) groups is 1. The molecule has 0 spiro atoms. The van der Waals surface area contributed by atoms with Crippen LogP contribution in [0.3, 0.4) is 0 Å². The Morgan fingerprint density at radius 3 is 2.00 bits per heavy atom. The lowest BCUT2D eigenvalue weighted by molar-refractivity contribution is -0.0339. The van der Waals surface area contributed by atoms with Crippen molar-refractivity contribution in [1.82, 2.24) is 0 Å². The summed E-state index contributed by atoms with van der Waals surface area (Å²) in [5.41, 5.74) is -4.96. The van der Waals surface area contributed by atoms with Gasteiger partial charge in [0.25, 0.3) is 0 Å². The van der Waals surface area contributed by atoms with Gasteiger partial charge in [0.1, 0.15) is 0 Å². The molecule has 0 aliphatic heterocycles. The molecule has 2 N–H and O–H groups in total. The Morgan fingerprint density at radius 2 is 1.59 bits per heavy atom. The zero-order valence-corrected chi connectivity index (χ0v) is 10.5. The van der Waals surface area contributed by atoms with E-state index in [9.17, 15) is 23.4 Å². The number of aliphatic hydroxyl groups excluding tert-OH is 2. The van der Waals surface area contributed by atoms with Gasteiger partial charge in [-0.1, -0.05) is 24.6 Å². The second-order valence-corrected chi connectivity index (χ2v) is 5.86. The molecule has 0 unspecified atom stereocenters. The molecule has 0 aromatic rings. The molecule has 17 heavy (non-hydrogen) atoms. The zero-order valence-electron chi connectivity index (χ0n) is 9.67. The van der Waals surface area contributed by atoms with Crippen LogP contribution in [0.25, 0.3) is 0 Å². The fraction of sp³-hybridized carbons (Fsp3) is 1.00. The van der Waals surface area contributed by atoms with E-state index in [4.69, 9.17) is 0 Å². The smallest absolute Gasteiger partial charge is 0.396 e. The number of halogens is 3. The fourth-order valence-corrected chi connectivity index (χ4v) is 3.32. The predicted octanol–water partition coefficient (Wildman–Crippen LogP) is 2.79. The quantitative estimate of drug-likeness (QED) is 0.781. The van der Waals surface area contributed by atoms with Crippen LogP contribution in [-0.4, -0.2) is 34.7 Å². The van der Waals surface area contributed by atoms with Crippen molar-refractivity contribution in [3.63, 3.8) is 0 Å². The Balaban J connectivity index is 2.52. The summed E-state index contributed by atoms with van der Waals surface area (Å²) in [6, 6.07) is 0. The molecule has 1 aliphatic carbocycles. The van der Waals surface area contributed by atoms with Gasteiger partial charge in [-0.25, -0.2) is 0 Å². The highest BCUT2D eigenvalue weighted by Crippen LogP contribution is 2.43. The van der Waals surface area contributed by atoms with E-state index in [0.29, 0.717) is 0 Å². The van der Waals surface area contributed by atoms with Crippen molar-refractivity contribution in [2.75, 3.05) is 19.0 Å². The van der Waals surface area contributed by atoms with Crippen LogP contribution in [0.1, 0.15) is 32.1 Å². The maximum atomic E-state index is 12.1. The first-order valence-electron chi connectivity index (χ1n) is 5.86. The average Bonchev–Trinajstić information content (AvgIpc) is 2.77. The highest BCUT2D eigenvalue weighted by atomic mass is 32.2. The Hall–Kier alpha value is 0.0600. The summed E-state index contributed by atoms with van der Waals surface area (Å²) in [4.78, 5) is 0. The summed E-state index contributed by atoms with van der Waals surface area (Å²) in [5, 5.41) is 18.8. The molecule has 2 nitrogen and oxygen atoms in total. The first kappa shape index (κ1) is 15.1. The molecule has 0 heterocycles. The molecule has 0 saturated heterocycles. The molecule has 0 atom stereocenters. The normalized spacial score (nSPS) is 18.9. The molecule has 0 radical (unpaired) electrons. The van der Waals surface area contributed by atoms with Gasteiger partial charge in [-0.3, -0.25) is 0 Å². The van der Waals surface area contributed by atoms with Crippen molar-refractivity contribution in [2.24, 2.45) is 11.3 Å². The molecule has 0 aromatic heterocycles. The minimum Gasteiger partial charge on any atom is -0.396 e. The van der Waals surface area contributed by atoms with Crippen molar-refractivity contribution in [2.45, 2.75) is 37.6 Å². The third-order valence-corrected chi connectivity index (χ3v) is 4.45. The molecule has 102 valence electrons. The molecule has 1 fully saturated rings. The lowest BCUT2D eigenvalue weighted by Crippen LogP contribution is -2.37. The first-order valence-corrected chi connectivity index (χ1v) is 6.84. The van der Waals surface area contributed by atoms with Gasteiger partial charge in [-0.05, 0) is 25.2 Å². The Morgan fingerprint density at radius 1 is 1.06 bits per heavy atom. The molecule has 1 aliphatic rings. The summed E-state index contributed by atoms with van der Waals surface area (Å²) in [5.74, 6) is 0.0625. The second kappa shape index (κ2) is 6.29. The minimum atomic E-state index is -4.23. The van der Waals surface area contributed by atoms with Crippen LogP contribution in [0.15, 0.2) is 0 Å². The zero-order chi connectivity index (χ0) is 12.9. The van der Waals surface area contributed by atoms with E-state index in [0.717, 1.165) is 25.7 Å². The molecular formula is C11H19F3O2S. The Kier molecular flexibility index (Phi) is 5.60. The van der Waals surface area contributed by atoms with Crippen molar-refractivity contribution in [3.05, 3.63) is 0 Å². The summed E-state index contributed by atoms with van der Waals surface area (Å²) >= 11 is -0.0723. The SMILES string of the molecule is OCC(CO)(CCSC(F)(F)F)C1CCCC1. The van der Waals surface area contributed by atoms with Gasteiger partial charge in [-0.2, -0.15) is 13.2 Å². The fourth-order valence-electron chi connectivity index (χ4n) is 2.58. The van der Waals surface area contributed by atoms with Crippen LogP contribution >= 0.6 is 11.8 Å². The van der Waals surface area contributed by atoms with E-state index in [1.54, 1.807) is 0 Å². The number of rotatable bonds is 6. The first-order chi connectivity index (χ1) is 7.93. The molecule has 1 saturated carbocycles. The van der Waals surface area contributed by atoms with Crippen LogP contribution in [0.4, 0.5) is 13.2 Å². The van der Waals surface area contributed by atoms with Crippen LogP contribution in [-0.2, 0) is 0 Å². The third kappa shape index (κ3) is 4.34. The summed E-state index contributed by atoms with van der Waals surface area (Å²) in [6.45, 7) is -0.459. The largest absolute Gasteiger partial charge is 0.441 e. The molecule has 0 amide bonds. The number of alkyl halides is 3. The Labute approximate surface area is 104 Å². The van der Waals surface area contributed by atoms with E-state index >= 15 is 0 Å². The van der Waals surface area contributed by atoms with Gasteiger partial charge in [0.15, 0.2) is 0 Å². The van der Waals surface area contributed by atoms with Crippen molar-refractivity contribution in [3.8, 4) is 0 Å². The lowest BCUT2D eigenvalue weighted by Gasteiger charge is -2.36. The van der Waals surface area contributed by atoms with Gasteiger partial charge in [0, 0.05) is 11.2 Å². The van der Waals surface area contributed by atoms with Crippen LogP contribution in [0, 0.1) is 11.3 Å². The average molecular weight is 272 g/mol. The summed E-state index contributed by atoms with van der Waals surface area (Å²) in [7, 11) is 0. The molecule has 0 bridgehead atoms.